The number of hydrogen-bond donors (Lipinski definition) is 1. The molecule has 7 heteroatoms. The molecule has 0 spiro atoms. The third kappa shape index (κ3) is 5.58. The Hall–Kier alpha value is -1.44. The van der Waals surface area contributed by atoms with Crippen molar-refractivity contribution in [1.29, 1.82) is 0 Å². The van der Waals surface area contributed by atoms with Gasteiger partial charge in [0, 0.05) is 62.8 Å². The zero-order valence-corrected chi connectivity index (χ0v) is 15.5. The Kier molecular flexibility index (Phi) is 7.68. The van der Waals surface area contributed by atoms with Crippen LogP contribution in [-0.2, 0) is 9.53 Å². The number of rotatable bonds is 7. The van der Waals surface area contributed by atoms with Crippen LogP contribution in [0.2, 0.25) is 0 Å². The Morgan fingerprint density at radius 2 is 2.04 bits per heavy atom. The minimum Gasteiger partial charge on any atom is -0.383 e. The first-order valence-electron chi connectivity index (χ1n) is 8.14. The lowest BCUT2D eigenvalue weighted by atomic mass is 10.2. The normalized spacial score (nSPS) is 14.5. The van der Waals surface area contributed by atoms with Crippen LogP contribution in [0, 0.1) is 0 Å². The van der Waals surface area contributed by atoms with E-state index < -0.39 is 0 Å². The van der Waals surface area contributed by atoms with E-state index in [9.17, 15) is 9.59 Å². The summed E-state index contributed by atoms with van der Waals surface area (Å²) in [4.78, 5) is 28.6. The Labute approximate surface area is 151 Å². The minimum absolute atomic E-state index is 0.0820. The van der Waals surface area contributed by atoms with E-state index in [1.807, 2.05) is 17.0 Å². The zero-order chi connectivity index (χ0) is 17.4. The van der Waals surface area contributed by atoms with Gasteiger partial charge in [0.2, 0.25) is 5.91 Å². The van der Waals surface area contributed by atoms with Crippen molar-refractivity contribution in [2.24, 2.45) is 0 Å². The fourth-order valence-electron chi connectivity index (χ4n) is 2.62. The molecule has 1 saturated heterocycles. The van der Waals surface area contributed by atoms with Crippen LogP contribution in [0.1, 0.15) is 16.8 Å². The smallest absolute Gasteiger partial charge is 0.253 e. The first-order chi connectivity index (χ1) is 11.6. The number of hydrogen-bond acceptors (Lipinski definition) is 4. The molecular weight excluding hydrogens is 374 g/mol. The lowest BCUT2D eigenvalue weighted by Gasteiger charge is -2.29. The van der Waals surface area contributed by atoms with E-state index in [0.717, 1.165) is 30.7 Å². The Balaban J connectivity index is 1.96. The van der Waals surface area contributed by atoms with Gasteiger partial charge in [0.25, 0.3) is 5.91 Å². The molecule has 24 heavy (non-hydrogen) atoms. The topological polar surface area (TPSA) is 61.9 Å². The summed E-state index contributed by atoms with van der Waals surface area (Å²) in [6.07, 6.45) is 0.337. The number of methoxy groups -OCH3 is 1. The number of nitrogens with one attached hydrogen (secondary N) is 1. The summed E-state index contributed by atoms with van der Waals surface area (Å²) in [5, 5.41) is 3.23. The molecular formula is C17H24BrN3O3. The van der Waals surface area contributed by atoms with E-state index >= 15 is 0 Å². The van der Waals surface area contributed by atoms with Crippen LogP contribution in [0.3, 0.4) is 0 Å². The summed E-state index contributed by atoms with van der Waals surface area (Å²) in [7, 11) is 1.60. The van der Waals surface area contributed by atoms with Crippen LogP contribution >= 0.6 is 15.9 Å². The van der Waals surface area contributed by atoms with Gasteiger partial charge in [0.05, 0.1) is 6.61 Å². The molecule has 1 aromatic carbocycles. The van der Waals surface area contributed by atoms with E-state index in [1.54, 1.807) is 24.1 Å². The Morgan fingerprint density at radius 3 is 2.71 bits per heavy atom. The molecule has 1 N–H and O–H groups in total. The van der Waals surface area contributed by atoms with Gasteiger partial charge < -0.3 is 19.9 Å². The molecule has 1 heterocycles. The molecule has 0 aromatic heterocycles. The van der Waals surface area contributed by atoms with Crippen molar-refractivity contribution in [3.8, 4) is 0 Å². The highest BCUT2D eigenvalue weighted by atomic mass is 79.9. The third-order valence-corrected chi connectivity index (χ3v) is 4.48. The van der Waals surface area contributed by atoms with Gasteiger partial charge in [-0.15, -0.1) is 0 Å². The first kappa shape index (κ1) is 18.9. The highest BCUT2D eigenvalue weighted by molar-refractivity contribution is 9.10. The van der Waals surface area contributed by atoms with Gasteiger partial charge in [-0.2, -0.15) is 0 Å². The van der Waals surface area contributed by atoms with E-state index in [1.165, 1.54) is 0 Å². The molecule has 0 atom stereocenters. The van der Waals surface area contributed by atoms with Crippen molar-refractivity contribution < 1.29 is 14.3 Å². The lowest BCUT2D eigenvalue weighted by molar-refractivity contribution is -0.132. The van der Waals surface area contributed by atoms with Crippen LogP contribution in [-0.4, -0.2) is 74.6 Å². The van der Waals surface area contributed by atoms with Crippen molar-refractivity contribution in [2.75, 3.05) is 53.0 Å². The molecule has 1 aliphatic heterocycles. The van der Waals surface area contributed by atoms with Crippen molar-refractivity contribution >= 4 is 27.7 Å². The summed E-state index contributed by atoms with van der Waals surface area (Å²) >= 11 is 3.38. The van der Waals surface area contributed by atoms with Gasteiger partial charge in [-0.1, -0.05) is 22.0 Å². The van der Waals surface area contributed by atoms with Gasteiger partial charge in [0.15, 0.2) is 0 Å². The number of carbonyl (C=O) groups is 2. The van der Waals surface area contributed by atoms with Crippen LogP contribution in [0.4, 0.5) is 0 Å². The number of amides is 2. The van der Waals surface area contributed by atoms with Gasteiger partial charge >= 0.3 is 0 Å². The van der Waals surface area contributed by atoms with Crippen LogP contribution in [0.25, 0.3) is 0 Å². The second-order valence-corrected chi connectivity index (χ2v) is 6.59. The van der Waals surface area contributed by atoms with Crippen LogP contribution in [0.15, 0.2) is 28.7 Å². The van der Waals surface area contributed by atoms with Gasteiger partial charge in [-0.25, -0.2) is 0 Å². The van der Waals surface area contributed by atoms with E-state index in [4.69, 9.17) is 4.74 Å². The minimum atomic E-state index is -0.0820. The van der Waals surface area contributed by atoms with Gasteiger partial charge in [-0.05, 0) is 18.2 Å². The molecule has 2 amide bonds. The summed E-state index contributed by atoms with van der Waals surface area (Å²) in [6, 6.07) is 7.28. The van der Waals surface area contributed by atoms with Crippen molar-refractivity contribution in [1.82, 2.24) is 15.1 Å². The largest absolute Gasteiger partial charge is 0.383 e. The molecule has 0 saturated carbocycles. The average molecular weight is 398 g/mol. The molecule has 6 nitrogen and oxygen atoms in total. The Morgan fingerprint density at radius 1 is 1.29 bits per heavy atom. The molecule has 0 radical (unpaired) electrons. The third-order valence-electron chi connectivity index (χ3n) is 3.99. The van der Waals surface area contributed by atoms with Crippen molar-refractivity contribution in [3.63, 3.8) is 0 Å². The van der Waals surface area contributed by atoms with Gasteiger partial charge in [-0.3, -0.25) is 9.59 Å². The number of halogens is 1. The number of ether oxygens (including phenoxy) is 1. The summed E-state index contributed by atoms with van der Waals surface area (Å²) in [5.41, 5.74) is 0.607. The number of nitrogens with zero attached hydrogens (tertiary/aromatic N) is 2. The maximum absolute atomic E-state index is 12.7. The quantitative estimate of drug-likeness (QED) is 0.754. The summed E-state index contributed by atoms with van der Waals surface area (Å²) < 4.78 is 5.96. The maximum Gasteiger partial charge on any atom is 0.253 e. The molecule has 0 bridgehead atoms. The Bertz CT molecular complexity index is 562. The van der Waals surface area contributed by atoms with Crippen LogP contribution < -0.4 is 5.32 Å². The molecule has 1 fully saturated rings. The predicted molar refractivity (Wildman–Crippen MR) is 96.0 cm³/mol. The zero-order valence-electron chi connectivity index (χ0n) is 14.0. The molecule has 1 aliphatic rings. The van der Waals surface area contributed by atoms with E-state index in [2.05, 4.69) is 21.2 Å². The summed E-state index contributed by atoms with van der Waals surface area (Å²) in [5.74, 6) is 0.0161. The monoisotopic (exact) mass is 397 g/mol. The van der Waals surface area contributed by atoms with E-state index in [-0.39, 0.29) is 11.8 Å². The second-order valence-electron chi connectivity index (χ2n) is 5.68. The second kappa shape index (κ2) is 9.76. The lowest BCUT2D eigenvalue weighted by Crippen LogP contribution is -2.47. The predicted octanol–water partition coefficient (Wildman–Crippen LogP) is 1.36. The molecule has 0 unspecified atom stereocenters. The average Bonchev–Trinajstić information content (AvgIpc) is 2.62. The number of carbonyl (C=O) groups excluding carboxylic acids is 2. The van der Waals surface area contributed by atoms with Crippen molar-refractivity contribution in [3.05, 3.63) is 34.3 Å². The number of piperazine rings is 1. The fourth-order valence-corrected chi connectivity index (χ4v) is 3.02. The SMILES string of the molecule is COCCN(CCC(=O)N1CCNCC1)C(=O)c1cccc(Br)c1. The first-order valence-corrected chi connectivity index (χ1v) is 8.93. The fraction of sp³-hybridized carbons (Fsp3) is 0.529. The highest BCUT2D eigenvalue weighted by Crippen LogP contribution is 2.14. The molecule has 0 aliphatic carbocycles. The van der Waals surface area contributed by atoms with Crippen molar-refractivity contribution in [2.45, 2.75) is 6.42 Å². The van der Waals surface area contributed by atoms with Crippen LogP contribution in [0.5, 0.6) is 0 Å². The highest BCUT2D eigenvalue weighted by Gasteiger charge is 2.20. The molecule has 132 valence electrons. The number of benzene rings is 1. The molecule has 2 rings (SSSR count). The van der Waals surface area contributed by atoms with E-state index in [0.29, 0.717) is 31.7 Å². The summed E-state index contributed by atoms with van der Waals surface area (Å²) in [6.45, 7) is 4.44. The standard InChI is InChI=1S/C17H24BrN3O3/c1-24-12-11-21(17(23)14-3-2-4-15(18)13-14)8-5-16(22)20-9-6-19-7-10-20/h2-4,13,19H,5-12H2,1H3. The maximum atomic E-state index is 12.7. The van der Waals surface area contributed by atoms with Gasteiger partial charge in [0.1, 0.15) is 0 Å². The molecule has 1 aromatic rings.